The molecule has 0 aliphatic rings. The van der Waals surface area contributed by atoms with Crippen LogP contribution in [0.4, 0.5) is 0 Å². The molecule has 0 aromatic carbocycles. The lowest BCUT2D eigenvalue weighted by Crippen LogP contribution is -2.36. The minimum absolute atomic E-state index is 0.708. The zero-order chi connectivity index (χ0) is 12.1. The van der Waals surface area contributed by atoms with Crippen molar-refractivity contribution >= 4 is 33.3 Å². The molecule has 0 atom stereocenters. The van der Waals surface area contributed by atoms with Crippen LogP contribution in [0, 0.1) is 0 Å². The Hall–Kier alpha value is -0.620. The third-order valence-corrected chi connectivity index (χ3v) is 3.29. The van der Waals surface area contributed by atoms with Crippen LogP contribution in [0.1, 0.15) is 19.5 Å². The number of hydrogen-bond acceptors (Lipinski definition) is 2. The first-order chi connectivity index (χ1) is 7.58. The number of aryl methyl sites for hydroxylation is 1. The summed E-state index contributed by atoms with van der Waals surface area (Å²) in [6.45, 7) is 6.52. The summed E-state index contributed by atoms with van der Waals surface area (Å²) in [7, 11) is 1.96. The summed E-state index contributed by atoms with van der Waals surface area (Å²) in [5.41, 5.74) is 1.00. The lowest BCUT2D eigenvalue weighted by molar-refractivity contribution is 0.476. The molecule has 1 aromatic heterocycles. The Morgan fingerprint density at radius 2 is 2.31 bits per heavy atom. The van der Waals surface area contributed by atoms with Gasteiger partial charge in [0.25, 0.3) is 0 Å². The summed E-state index contributed by atoms with van der Waals surface area (Å²) in [4.78, 5) is 1.98. The maximum absolute atomic E-state index is 5.22. The Labute approximate surface area is 110 Å². The molecule has 0 amide bonds. The largest absolute Gasteiger partial charge is 0.363 e. The Bertz CT molecular complexity index is 364. The van der Waals surface area contributed by atoms with Gasteiger partial charge in [0.05, 0.1) is 16.7 Å². The van der Waals surface area contributed by atoms with Gasteiger partial charge in [0, 0.05) is 26.3 Å². The van der Waals surface area contributed by atoms with Crippen molar-refractivity contribution in [2.45, 2.75) is 26.9 Å². The van der Waals surface area contributed by atoms with Gasteiger partial charge in [0.15, 0.2) is 5.11 Å². The van der Waals surface area contributed by atoms with Crippen molar-refractivity contribution in [3.63, 3.8) is 0 Å². The molecular weight excluding hydrogens is 288 g/mol. The molecule has 0 radical (unpaired) electrons. The molecule has 0 fully saturated rings. The normalized spacial score (nSPS) is 10.2. The molecule has 1 aromatic rings. The lowest BCUT2D eigenvalue weighted by Gasteiger charge is -2.19. The fourth-order valence-corrected chi connectivity index (χ4v) is 1.94. The number of hydrogen-bond donors (Lipinski definition) is 1. The number of rotatable bonds is 4. The molecule has 1 heterocycles. The van der Waals surface area contributed by atoms with Gasteiger partial charge in [-0.25, -0.2) is 0 Å². The number of aromatic nitrogens is 2. The Kier molecular flexibility index (Phi) is 5.21. The van der Waals surface area contributed by atoms with Crippen LogP contribution in [0.2, 0.25) is 0 Å². The highest BCUT2D eigenvalue weighted by Gasteiger charge is 2.10. The fourth-order valence-electron chi connectivity index (χ4n) is 1.29. The summed E-state index contributed by atoms with van der Waals surface area (Å²) < 4.78 is 2.93. The van der Waals surface area contributed by atoms with Gasteiger partial charge in [-0.05, 0) is 42.0 Å². The van der Waals surface area contributed by atoms with Crippen LogP contribution < -0.4 is 5.32 Å². The van der Waals surface area contributed by atoms with Crippen LogP contribution >= 0.6 is 28.1 Å². The number of thiocarbonyl (C=S) groups is 1. The molecule has 0 aliphatic heterocycles. The SMILES string of the molecule is CCNC(=S)N(C)Cc1nn(CC)cc1Br. The number of nitrogens with one attached hydrogen (secondary N) is 1. The first-order valence-electron chi connectivity index (χ1n) is 5.29. The molecule has 1 rings (SSSR count). The quantitative estimate of drug-likeness (QED) is 0.863. The van der Waals surface area contributed by atoms with Gasteiger partial charge < -0.3 is 10.2 Å². The Balaban J connectivity index is 2.65. The lowest BCUT2D eigenvalue weighted by atomic mass is 10.4. The second-order valence-electron chi connectivity index (χ2n) is 3.47. The molecule has 4 nitrogen and oxygen atoms in total. The van der Waals surface area contributed by atoms with Gasteiger partial charge in [0.2, 0.25) is 0 Å². The average Bonchev–Trinajstić information content (AvgIpc) is 2.60. The average molecular weight is 305 g/mol. The van der Waals surface area contributed by atoms with Crippen molar-refractivity contribution in [2.75, 3.05) is 13.6 Å². The molecule has 1 N–H and O–H groups in total. The van der Waals surface area contributed by atoms with Crippen molar-refractivity contribution < 1.29 is 0 Å². The van der Waals surface area contributed by atoms with Gasteiger partial charge in [0.1, 0.15) is 0 Å². The molecule has 0 saturated heterocycles. The molecule has 90 valence electrons. The summed E-state index contributed by atoms with van der Waals surface area (Å²) in [6.07, 6.45) is 1.99. The van der Waals surface area contributed by atoms with E-state index in [1.165, 1.54) is 0 Å². The van der Waals surface area contributed by atoms with Gasteiger partial charge in [-0.1, -0.05) is 0 Å². The van der Waals surface area contributed by atoms with Crippen molar-refractivity contribution in [2.24, 2.45) is 0 Å². The summed E-state index contributed by atoms with van der Waals surface area (Å²) >= 11 is 8.72. The second-order valence-corrected chi connectivity index (χ2v) is 4.71. The zero-order valence-corrected chi connectivity index (χ0v) is 12.2. The number of nitrogens with zero attached hydrogens (tertiary/aromatic N) is 3. The Morgan fingerprint density at radius 3 is 2.81 bits per heavy atom. The van der Waals surface area contributed by atoms with Gasteiger partial charge in [-0.15, -0.1) is 0 Å². The molecule has 0 aliphatic carbocycles. The van der Waals surface area contributed by atoms with Crippen molar-refractivity contribution in [1.82, 2.24) is 20.0 Å². The number of halogens is 1. The van der Waals surface area contributed by atoms with Crippen molar-refractivity contribution in [1.29, 1.82) is 0 Å². The van der Waals surface area contributed by atoms with E-state index < -0.39 is 0 Å². The molecule has 6 heteroatoms. The molecule has 16 heavy (non-hydrogen) atoms. The highest BCUT2D eigenvalue weighted by molar-refractivity contribution is 9.10. The van der Waals surface area contributed by atoms with Crippen LogP contribution in [0.15, 0.2) is 10.7 Å². The van der Waals surface area contributed by atoms with Crippen LogP contribution in [-0.2, 0) is 13.1 Å². The predicted molar refractivity (Wildman–Crippen MR) is 73.3 cm³/mol. The first kappa shape index (κ1) is 13.4. The second kappa shape index (κ2) is 6.20. The minimum Gasteiger partial charge on any atom is -0.363 e. The highest BCUT2D eigenvalue weighted by atomic mass is 79.9. The topological polar surface area (TPSA) is 33.1 Å². The van der Waals surface area contributed by atoms with E-state index in [1.807, 2.05) is 29.7 Å². The van der Waals surface area contributed by atoms with E-state index in [2.05, 4.69) is 33.3 Å². The molecule has 0 saturated carbocycles. The summed E-state index contributed by atoms with van der Waals surface area (Å²) in [6, 6.07) is 0. The van der Waals surface area contributed by atoms with E-state index >= 15 is 0 Å². The van der Waals surface area contributed by atoms with Crippen LogP contribution in [0.5, 0.6) is 0 Å². The monoisotopic (exact) mass is 304 g/mol. The molecular formula is C10H17BrN4S. The van der Waals surface area contributed by atoms with Gasteiger partial charge in [-0.3, -0.25) is 4.68 Å². The van der Waals surface area contributed by atoms with Crippen LogP contribution in [0.25, 0.3) is 0 Å². The third-order valence-electron chi connectivity index (χ3n) is 2.17. The Morgan fingerprint density at radius 1 is 1.62 bits per heavy atom. The van der Waals surface area contributed by atoms with Crippen molar-refractivity contribution in [3.05, 3.63) is 16.4 Å². The van der Waals surface area contributed by atoms with E-state index in [0.29, 0.717) is 6.54 Å². The summed E-state index contributed by atoms with van der Waals surface area (Å²) in [5.74, 6) is 0. The maximum atomic E-state index is 5.22. The van der Waals surface area contributed by atoms with E-state index in [-0.39, 0.29) is 0 Å². The molecule has 0 bridgehead atoms. The summed E-state index contributed by atoms with van der Waals surface area (Å²) in [5, 5.41) is 8.32. The standard InChI is InChI=1S/C10H17BrN4S/c1-4-12-10(16)14(3)7-9-8(11)6-15(5-2)13-9/h6H,4-5,7H2,1-3H3,(H,12,16). The molecule has 0 unspecified atom stereocenters. The van der Waals surface area contributed by atoms with E-state index in [0.717, 1.165) is 28.4 Å². The third kappa shape index (κ3) is 3.45. The minimum atomic E-state index is 0.708. The first-order valence-corrected chi connectivity index (χ1v) is 6.49. The van der Waals surface area contributed by atoms with Crippen LogP contribution in [-0.4, -0.2) is 33.4 Å². The zero-order valence-electron chi connectivity index (χ0n) is 9.83. The molecule has 0 spiro atoms. The van der Waals surface area contributed by atoms with Crippen molar-refractivity contribution in [3.8, 4) is 0 Å². The predicted octanol–water partition coefficient (Wildman–Crippen LogP) is 1.99. The van der Waals surface area contributed by atoms with Gasteiger partial charge in [-0.2, -0.15) is 5.10 Å². The highest BCUT2D eigenvalue weighted by Crippen LogP contribution is 2.16. The smallest absolute Gasteiger partial charge is 0.169 e. The van der Waals surface area contributed by atoms with E-state index in [1.54, 1.807) is 0 Å². The van der Waals surface area contributed by atoms with Crippen LogP contribution in [0.3, 0.4) is 0 Å². The fraction of sp³-hybridized carbons (Fsp3) is 0.600. The van der Waals surface area contributed by atoms with E-state index in [9.17, 15) is 0 Å². The van der Waals surface area contributed by atoms with Gasteiger partial charge >= 0.3 is 0 Å². The maximum Gasteiger partial charge on any atom is 0.169 e. The van der Waals surface area contributed by atoms with E-state index in [4.69, 9.17) is 12.2 Å².